The maximum atomic E-state index is 15.4. The molecule has 0 radical (unpaired) electrons. The number of anilines is 1. The topological polar surface area (TPSA) is 78.5 Å². The fraction of sp³-hybridized carbons (Fsp3) is 0.242. The van der Waals surface area contributed by atoms with Crippen LogP contribution in [0.1, 0.15) is 29.5 Å². The molecule has 6 nitrogen and oxygen atoms in total. The standard InChI is InChI=1S/C33H32ClF2N3O3S/c1-22(32(23-13-15-25(34)16-14-23)24-7-5-8-26(35)19-24)33(40)38-31-12-6-11-30(36)29(31)20-27-21-37-17-18-39(27)43(41,42)28-9-3-2-4-10-28/h2-16,19,22,27,32,37H,17-18,20-21H2,1H3,(H,38,40)/t22-,27?,32-/m0/s1. The number of halogens is 3. The lowest BCUT2D eigenvalue weighted by atomic mass is 9.81. The van der Waals surface area contributed by atoms with E-state index < -0.39 is 45.4 Å². The summed E-state index contributed by atoms with van der Waals surface area (Å²) in [7, 11) is -3.83. The Balaban J connectivity index is 1.43. The van der Waals surface area contributed by atoms with Crippen molar-refractivity contribution in [3.63, 3.8) is 0 Å². The van der Waals surface area contributed by atoms with Gasteiger partial charge in [-0.3, -0.25) is 4.79 Å². The Kier molecular flexibility index (Phi) is 9.56. The summed E-state index contributed by atoms with van der Waals surface area (Å²) in [5.41, 5.74) is 1.85. The van der Waals surface area contributed by atoms with Crippen LogP contribution >= 0.6 is 11.6 Å². The predicted molar refractivity (Wildman–Crippen MR) is 165 cm³/mol. The molecule has 224 valence electrons. The Labute approximate surface area is 255 Å². The highest BCUT2D eigenvalue weighted by Crippen LogP contribution is 2.35. The van der Waals surface area contributed by atoms with Crippen molar-refractivity contribution in [3.05, 3.63) is 130 Å². The largest absolute Gasteiger partial charge is 0.325 e. The number of carbonyl (C=O) groups excluding carboxylic acids is 1. The molecular formula is C33H32ClF2N3O3S. The molecule has 43 heavy (non-hydrogen) atoms. The van der Waals surface area contributed by atoms with Gasteiger partial charge in [0, 0.05) is 53.8 Å². The molecule has 5 rings (SSSR count). The quantitative estimate of drug-likeness (QED) is 0.232. The molecule has 0 aliphatic carbocycles. The van der Waals surface area contributed by atoms with Crippen molar-refractivity contribution in [3.8, 4) is 0 Å². The summed E-state index contributed by atoms with van der Waals surface area (Å²) in [6.07, 6.45) is 0.0419. The van der Waals surface area contributed by atoms with Crippen LogP contribution in [0.2, 0.25) is 5.02 Å². The summed E-state index contributed by atoms with van der Waals surface area (Å²) in [5, 5.41) is 6.63. The zero-order valence-electron chi connectivity index (χ0n) is 23.5. The molecule has 4 aromatic rings. The van der Waals surface area contributed by atoms with Crippen molar-refractivity contribution in [1.29, 1.82) is 0 Å². The smallest absolute Gasteiger partial charge is 0.243 e. The molecule has 1 fully saturated rings. The number of nitrogens with zero attached hydrogens (tertiary/aromatic N) is 1. The Hall–Kier alpha value is -3.63. The second-order valence-electron chi connectivity index (χ2n) is 10.6. The van der Waals surface area contributed by atoms with Gasteiger partial charge >= 0.3 is 0 Å². The zero-order chi connectivity index (χ0) is 30.6. The predicted octanol–water partition coefficient (Wildman–Crippen LogP) is 6.23. The monoisotopic (exact) mass is 623 g/mol. The Morgan fingerprint density at radius 2 is 1.70 bits per heavy atom. The summed E-state index contributed by atoms with van der Waals surface area (Å²) in [5.74, 6) is -2.57. The molecule has 1 aliphatic rings. The van der Waals surface area contributed by atoms with Crippen LogP contribution in [0.15, 0.2) is 102 Å². The summed E-state index contributed by atoms with van der Waals surface area (Å²) < 4.78 is 58.1. The molecule has 0 saturated carbocycles. The lowest BCUT2D eigenvalue weighted by molar-refractivity contribution is -0.119. The third-order valence-corrected chi connectivity index (χ3v) is 10.0. The molecule has 3 atom stereocenters. The highest BCUT2D eigenvalue weighted by atomic mass is 35.5. The molecule has 1 aliphatic heterocycles. The molecular weight excluding hydrogens is 592 g/mol. The Morgan fingerprint density at radius 1 is 0.977 bits per heavy atom. The van der Waals surface area contributed by atoms with Crippen molar-refractivity contribution in [1.82, 2.24) is 9.62 Å². The lowest BCUT2D eigenvalue weighted by Gasteiger charge is -2.35. The van der Waals surface area contributed by atoms with E-state index in [1.807, 2.05) is 0 Å². The SMILES string of the molecule is C[C@H](C(=O)Nc1cccc(F)c1CC1CNCCN1S(=O)(=O)c1ccccc1)[C@@H](c1ccc(Cl)cc1)c1cccc(F)c1. The summed E-state index contributed by atoms with van der Waals surface area (Å²) in [6, 6.07) is 25.1. The number of nitrogens with one attached hydrogen (secondary N) is 2. The van der Waals surface area contributed by atoms with Crippen LogP contribution in [-0.4, -0.2) is 44.3 Å². The van der Waals surface area contributed by atoms with Gasteiger partial charge in [-0.05, 0) is 66.1 Å². The first-order valence-corrected chi connectivity index (χ1v) is 15.8. The van der Waals surface area contributed by atoms with Crippen LogP contribution in [-0.2, 0) is 21.2 Å². The Morgan fingerprint density at radius 3 is 2.42 bits per heavy atom. The minimum Gasteiger partial charge on any atom is -0.325 e. The zero-order valence-corrected chi connectivity index (χ0v) is 25.1. The minimum absolute atomic E-state index is 0.0419. The maximum absolute atomic E-state index is 15.4. The van der Waals surface area contributed by atoms with Crippen molar-refractivity contribution < 1.29 is 22.0 Å². The lowest BCUT2D eigenvalue weighted by Crippen LogP contribution is -2.54. The van der Waals surface area contributed by atoms with Crippen LogP contribution in [0.25, 0.3) is 0 Å². The number of amides is 1. The highest BCUT2D eigenvalue weighted by Gasteiger charge is 2.35. The molecule has 1 amide bonds. The van der Waals surface area contributed by atoms with Crippen molar-refractivity contribution in [2.45, 2.75) is 30.2 Å². The number of hydrogen-bond donors (Lipinski definition) is 2. The Bertz CT molecular complexity index is 1690. The van der Waals surface area contributed by atoms with Crippen LogP contribution in [0.5, 0.6) is 0 Å². The van der Waals surface area contributed by atoms with Crippen molar-refractivity contribution in [2.24, 2.45) is 5.92 Å². The van der Waals surface area contributed by atoms with Gasteiger partial charge in [-0.2, -0.15) is 4.31 Å². The number of carbonyl (C=O) groups is 1. The highest BCUT2D eigenvalue weighted by molar-refractivity contribution is 7.89. The van der Waals surface area contributed by atoms with Gasteiger partial charge in [0.15, 0.2) is 0 Å². The number of rotatable bonds is 9. The summed E-state index contributed by atoms with van der Waals surface area (Å²) >= 11 is 6.10. The maximum Gasteiger partial charge on any atom is 0.243 e. The molecule has 2 N–H and O–H groups in total. The van der Waals surface area contributed by atoms with Crippen LogP contribution in [0.4, 0.5) is 14.5 Å². The normalized spacial score (nSPS) is 17.3. The van der Waals surface area contributed by atoms with E-state index in [-0.39, 0.29) is 29.1 Å². The molecule has 10 heteroatoms. The number of benzene rings is 4. The van der Waals surface area contributed by atoms with E-state index in [4.69, 9.17) is 11.6 Å². The van der Waals surface area contributed by atoms with Gasteiger partial charge in [-0.25, -0.2) is 17.2 Å². The first kappa shape index (κ1) is 30.8. The van der Waals surface area contributed by atoms with E-state index in [1.54, 1.807) is 79.7 Å². The molecule has 4 aromatic carbocycles. The van der Waals surface area contributed by atoms with Gasteiger partial charge < -0.3 is 10.6 Å². The van der Waals surface area contributed by atoms with Gasteiger partial charge in [-0.1, -0.05) is 67.1 Å². The van der Waals surface area contributed by atoms with E-state index in [0.29, 0.717) is 23.7 Å². The van der Waals surface area contributed by atoms with E-state index in [9.17, 15) is 17.6 Å². The number of piperazine rings is 1. The molecule has 1 heterocycles. The second-order valence-corrected chi connectivity index (χ2v) is 12.9. The van der Waals surface area contributed by atoms with E-state index in [2.05, 4.69) is 10.6 Å². The van der Waals surface area contributed by atoms with Gasteiger partial charge in [-0.15, -0.1) is 0 Å². The average molecular weight is 624 g/mol. The number of hydrogen-bond acceptors (Lipinski definition) is 4. The molecule has 1 saturated heterocycles. The van der Waals surface area contributed by atoms with Crippen LogP contribution in [0.3, 0.4) is 0 Å². The van der Waals surface area contributed by atoms with E-state index in [0.717, 1.165) is 5.56 Å². The van der Waals surface area contributed by atoms with Crippen LogP contribution in [0, 0.1) is 17.6 Å². The average Bonchev–Trinajstić information content (AvgIpc) is 3.00. The first-order valence-electron chi connectivity index (χ1n) is 14.0. The molecule has 0 bridgehead atoms. The van der Waals surface area contributed by atoms with E-state index >= 15 is 4.39 Å². The minimum atomic E-state index is -3.83. The van der Waals surface area contributed by atoms with E-state index in [1.165, 1.54) is 28.6 Å². The fourth-order valence-electron chi connectivity index (χ4n) is 5.62. The van der Waals surface area contributed by atoms with Gasteiger partial charge in [0.25, 0.3) is 0 Å². The van der Waals surface area contributed by atoms with Gasteiger partial charge in [0.1, 0.15) is 11.6 Å². The second kappa shape index (κ2) is 13.3. The molecule has 0 aromatic heterocycles. The van der Waals surface area contributed by atoms with Crippen LogP contribution < -0.4 is 10.6 Å². The van der Waals surface area contributed by atoms with Gasteiger partial charge in [0.05, 0.1) is 4.90 Å². The van der Waals surface area contributed by atoms with Crippen molar-refractivity contribution >= 4 is 33.2 Å². The van der Waals surface area contributed by atoms with Gasteiger partial charge in [0.2, 0.25) is 15.9 Å². The van der Waals surface area contributed by atoms with Crippen molar-refractivity contribution in [2.75, 3.05) is 25.0 Å². The summed E-state index contributed by atoms with van der Waals surface area (Å²) in [4.78, 5) is 13.9. The third-order valence-electron chi connectivity index (χ3n) is 7.81. The first-order chi connectivity index (χ1) is 20.6. The third kappa shape index (κ3) is 6.96. The molecule has 1 unspecified atom stereocenters. The molecule has 0 spiro atoms. The fourth-order valence-corrected chi connectivity index (χ4v) is 7.39. The number of sulfonamides is 1. The summed E-state index contributed by atoms with van der Waals surface area (Å²) in [6.45, 7) is 2.75.